The summed E-state index contributed by atoms with van der Waals surface area (Å²) in [5.41, 5.74) is 8.55. The molecule has 0 fully saturated rings. The van der Waals surface area contributed by atoms with Gasteiger partial charge in [0.25, 0.3) is 0 Å². The van der Waals surface area contributed by atoms with Crippen molar-refractivity contribution in [3.63, 3.8) is 0 Å². The van der Waals surface area contributed by atoms with Gasteiger partial charge in [0.2, 0.25) is 0 Å². The summed E-state index contributed by atoms with van der Waals surface area (Å²) >= 11 is 1.45. The second kappa shape index (κ2) is 3.42. The lowest BCUT2D eigenvalue weighted by atomic mass is 10.3. The van der Waals surface area contributed by atoms with E-state index in [9.17, 15) is 0 Å². The third-order valence-corrected chi connectivity index (χ3v) is 2.66. The summed E-state index contributed by atoms with van der Waals surface area (Å²) in [5, 5.41) is 6.91. The van der Waals surface area contributed by atoms with Crippen molar-refractivity contribution < 1.29 is 0 Å². The molecule has 14 heavy (non-hydrogen) atoms. The number of nitrogen functional groups attached to an aromatic ring is 1. The number of aromatic nitrogens is 3. The Hall–Kier alpha value is -1.36. The highest BCUT2D eigenvalue weighted by Gasteiger charge is 2.09. The fraction of sp³-hybridized carbons (Fsp3) is 0.333. The topological polar surface area (TPSA) is 56.7 Å². The van der Waals surface area contributed by atoms with Crippen LogP contribution in [0.15, 0.2) is 11.4 Å². The first-order chi connectivity index (χ1) is 6.70. The lowest BCUT2D eigenvalue weighted by Gasteiger charge is -1.99. The lowest BCUT2D eigenvalue weighted by molar-refractivity contribution is 0.659. The van der Waals surface area contributed by atoms with Crippen LogP contribution in [0.5, 0.6) is 0 Å². The number of nitrogens with zero attached hydrogens (tertiary/aromatic N) is 3. The van der Waals surface area contributed by atoms with E-state index in [-0.39, 0.29) is 0 Å². The van der Waals surface area contributed by atoms with Crippen LogP contribution in [-0.4, -0.2) is 14.8 Å². The van der Waals surface area contributed by atoms with E-state index in [1.54, 1.807) is 0 Å². The third-order valence-electron chi connectivity index (χ3n) is 1.99. The van der Waals surface area contributed by atoms with Gasteiger partial charge in [-0.3, -0.25) is 4.68 Å². The number of anilines is 1. The van der Waals surface area contributed by atoms with Crippen molar-refractivity contribution in [1.29, 1.82) is 0 Å². The third kappa shape index (κ3) is 1.50. The van der Waals surface area contributed by atoms with Crippen LogP contribution in [-0.2, 0) is 6.54 Å². The second-order valence-corrected chi connectivity index (χ2v) is 3.95. The summed E-state index contributed by atoms with van der Waals surface area (Å²) in [5.74, 6) is 0. The summed E-state index contributed by atoms with van der Waals surface area (Å²) in [4.78, 5) is 4.24. The van der Waals surface area contributed by atoms with Gasteiger partial charge in [-0.1, -0.05) is 0 Å². The van der Waals surface area contributed by atoms with Crippen LogP contribution >= 0.6 is 11.3 Å². The average molecular weight is 208 g/mol. The van der Waals surface area contributed by atoms with E-state index >= 15 is 0 Å². The quantitative estimate of drug-likeness (QED) is 0.820. The van der Waals surface area contributed by atoms with Gasteiger partial charge < -0.3 is 5.73 Å². The van der Waals surface area contributed by atoms with Crippen LogP contribution in [0.3, 0.4) is 0 Å². The molecule has 0 unspecified atom stereocenters. The molecule has 0 amide bonds. The summed E-state index contributed by atoms with van der Waals surface area (Å²) < 4.78 is 1.93. The molecule has 0 aliphatic rings. The number of hydrogen-bond donors (Lipinski definition) is 1. The molecule has 0 bridgehead atoms. The van der Waals surface area contributed by atoms with E-state index in [4.69, 9.17) is 5.73 Å². The van der Waals surface area contributed by atoms with Gasteiger partial charge in [-0.05, 0) is 19.9 Å². The van der Waals surface area contributed by atoms with Crippen LogP contribution in [0, 0.1) is 6.92 Å². The molecule has 0 radical (unpaired) electrons. The molecule has 2 heterocycles. The highest BCUT2D eigenvalue weighted by molar-refractivity contribution is 7.13. The molecule has 2 aromatic rings. The molecule has 2 N–H and O–H groups in total. The Morgan fingerprint density at radius 2 is 2.36 bits per heavy atom. The molecule has 74 valence electrons. The minimum absolute atomic E-state index is 0.599. The SMILES string of the molecule is CCn1nc(C)cc1-c1csc(N)n1. The highest BCUT2D eigenvalue weighted by Crippen LogP contribution is 2.23. The molecule has 5 heteroatoms. The molecular formula is C9H12N4S. The summed E-state index contributed by atoms with van der Waals surface area (Å²) in [6.45, 7) is 4.89. The maximum absolute atomic E-state index is 5.59. The molecule has 4 nitrogen and oxygen atoms in total. The molecule has 0 spiro atoms. The van der Waals surface area contributed by atoms with Crippen LogP contribution in [0.2, 0.25) is 0 Å². The zero-order valence-corrected chi connectivity index (χ0v) is 9.01. The number of nitrogens with two attached hydrogens (primary N) is 1. The van der Waals surface area contributed by atoms with E-state index in [1.165, 1.54) is 11.3 Å². The largest absolute Gasteiger partial charge is 0.375 e. The lowest BCUT2D eigenvalue weighted by Crippen LogP contribution is -1.99. The first-order valence-corrected chi connectivity index (χ1v) is 5.34. The van der Waals surface area contributed by atoms with Crippen molar-refractivity contribution in [2.45, 2.75) is 20.4 Å². The molecule has 0 aliphatic carbocycles. The second-order valence-electron chi connectivity index (χ2n) is 3.06. The van der Waals surface area contributed by atoms with Crippen molar-refractivity contribution >= 4 is 16.5 Å². The smallest absolute Gasteiger partial charge is 0.180 e. The Morgan fingerprint density at radius 1 is 1.57 bits per heavy atom. The standard InChI is InChI=1S/C9H12N4S/c1-3-13-8(4-6(2)12-13)7-5-14-9(10)11-7/h4-5H,3H2,1-2H3,(H2,10,11). The molecular weight excluding hydrogens is 196 g/mol. The van der Waals surface area contributed by atoms with Crippen LogP contribution < -0.4 is 5.73 Å². The van der Waals surface area contributed by atoms with Gasteiger partial charge >= 0.3 is 0 Å². The Bertz CT molecular complexity index is 443. The van der Waals surface area contributed by atoms with Gasteiger partial charge in [0.15, 0.2) is 5.13 Å². The molecule has 2 aromatic heterocycles. The maximum atomic E-state index is 5.59. The average Bonchev–Trinajstić information content (AvgIpc) is 2.71. The Morgan fingerprint density at radius 3 is 2.93 bits per heavy atom. The Labute approximate surface area is 86.4 Å². The van der Waals surface area contributed by atoms with E-state index in [0.29, 0.717) is 5.13 Å². The Kier molecular flexibility index (Phi) is 2.25. The van der Waals surface area contributed by atoms with Gasteiger partial charge in [0.1, 0.15) is 5.69 Å². The first kappa shape index (κ1) is 9.21. The predicted molar refractivity (Wildman–Crippen MR) is 58.2 cm³/mol. The zero-order chi connectivity index (χ0) is 10.1. The predicted octanol–water partition coefficient (Wildman–Crippen LogP) is 1.92. The minimum atomic E-state index is 0.599. The molecule has 0 atom stereocenters. The van der Waals surface area contributed by atoms with E-state index in [2.05, 4.69) is 17.0 Å². The number of hydrogen-bond acceptors (Lipinski definition) is 4. The molecule has 0 saturated heterocycles. The fourth-order valence-electron chi connectivity index (χ4n) is 1.40. The van der Waals surface area contributed by atoms with Gasteiger partial charge in [-0.25, -0.2) is 4.98 Å². The first-order valence-electron chi connectivity index (χ1n) is 4.46. The van der Waals surface area contributed by atoms with Crippen LogP contribution in [0.1, 0.15) is 12.6 Å². The van der Waals surface area contributed by atoms with Crippen molar-refractivity contribution in [1.82, 2.24) is 14.8 Å². The molecule has 2 rings (SSSR count). The number of thiazole rings is 1. The van der Waals surface area contributed by atoms with Gasteiger partial charge in [0.05, 0.1) is 11.4 Å². The van der Waals surface area contributed by atoms with Gasteiger partial charge in [0, 0.05) is 11.9 Å². The van der Waals surface area contributed by atoms with Crippen molar-refractivity contribution in [2.75, 3.05) is 5.73 Å². The van der Waals surface area contributed by atoms with Crippen molar-refractivity contribution in [3.05, 3.63) is 17.1 Å². The maximum Gasteiger partial charge on any atom is 0.180 e. The normalized spacial score (nSPS) is 10.7. The van der Waals surface area contributed by atoms with E-state index in [0.717, 1.165) is 23.6 Å². The van der Waals surface area contributed by atoms with Crippen LogP contribution in [0.25, 0.3) is 11.4 Å². The fourth-order valence-corrected chi connectivity index (χ4v) is 1.95. The summed E-state index contributed by atoms with van der Waals surface area (Å²) in [6, 6.07) is 2.03. The minimum Gasteiger partial charge on any atom is -0.375 e. The van der Waals surface area contributed by atoms with E-state index in [1.807, 2.05) is 23.1 Å². The van der Waals surface area contributed by atoms with Gasteiger partial charge in [-0.2, -0.15) is 5.10 Å². The Balaban J connectivity index is 2.49. The van der Waals surface area contributed by atoms with Crippen molar-refractivity contribution in [3.8, 4) is 11.4 Å². The zero-order valence-electron chi connectivity index (χ0n) is 8.19. The number of aryl methyl sites for hydroxylation is 2. The monoisotopic (exact) mass is 208 g/mol. The van der Waals surface area contributed by atoms with Crippen molar-refractivity contribution in [2.24, 2.45) is 0 Å². The van der Waals surface area contributed by atoms with Gasteiger partial charge in [-0.15, -0.1) is 11.3 Å². The van der Waals surface area contributed by atoms with E-state index < -0.39 is 0 Å². The number of rotatable bonds is 2. The summed E-state index contributed by atoms with van der Waals surface area (Å²) in [6.07, 6.45) is 0. The highest BCUT2D eigenvalue weighted by atomic mass is 32.1. The summed E-state index contributed by atoms with van der Waals surface area (Å²) in [7, 11) is 0. The van der Waals surface area contributed by atoms with Crippen LogP contribution in [0.4, 0.5) is 5.13 Å². The molecule has 0 aliphatic heterocycles. The molecule has 0 aromatic carbocycles. The molecule has 0 saturated carbocycles.